The summed E-state index contributed by atoms with van der Waals surface area (Å²) in [5, 5.41) is 3.52. The molecule has 0 spiro atoms. The summed E-state index contributed by atoms with van der Waals surface area (Å²) in [5.74, 6) is 0. The number of carbonyl (C=O) groups is 1. The first-order chi connectivity index (χ1) is 11.2. The SMILES string of the molecule is CCN(CC)C(=O)n1cnc(S(=O)(=O)c2c(C)cc(Br)cc2C)n1. The van der Waals surface area contributed by atoms with E-state index < -0.39 is 15.9 Å². The highest BCUT2D eigenvalue weighted by atomic mass is 79.9. The zero-order chi connectivity index (χ0) is 18.1. The van der Waals surface area contributed by atoms with Gasteiger partial charge >= 0.3 is 6.03 Å². The fourth-order valence-corrected chi connectivity index (χ4v) is 4.73. The monoisotopic (exact) mass is 414 g/mol. The summed E-state index contributed by atoms with van der Waals surface area (Å²) in [5.41, 5.74) is 1.18. The van der Waals surface area contributed by atoms with E-state index in [-0.39, 0.29) is 10.1 Å². The highest BCUT2D eigenvalue weighted by Gasteiger charge is 2.28. The second-order valence-electron chi connectivity index (χ2n) is 5.30. The van der Waals surface area contributed by atoms with E-state index in [1.165, 1.54) is 4.90 Å². The zero-order valence-electron chi connectivity index (χ0n) is 13.9. The van der Waals surface area contributed by atoms with Crippen LogP contribution in [0, 0.1) is 13.8 Å². The number of aryl methyl sites for hydroxylation is 2. The molecule has 0 aliphatic carbocycles. The number of aromatic nitrogens is 3. The maximum Gasteiger partial charge on any atom is 0.346 e. The second kappa shape index (κ2) is 7.02. The number of benzene rings is 1. The number of sulfone groups is 1. The Bertz CT molecular complexity index is 850. The van der Waals surface area contributed by atoms with Gasteiger partial charge in [0.1, 0.15) is 6.33 Å². The van der Waals surface area contributed by atoms with Gasteiger partial charge in [-0.1, -0.05) is 15.9 Å². The predicted octanol–water partition coefficient (Wildman–Crippen LogP) is 2.80. The normalized spacial score (nSPS) is 11.5. The van der Waals surface area contributed by atoms with Crippen LogP contribution in [0.15, 0.2) is 33.0 Å². The van der Waals surface area contributed by atoms with E-state index in [0.29, 0.717) is 24.2 Å². The van der Waals surface area contributed by atoms with Crippen LogP contribution in [0.4, 0.5) is 4.79 Å². The number of amides is 1. The number of hydrogen-bond donors (Lipinski definition) is 0. The Balaban J connectivity index is 2.48. The highest BCUT2D eigenvalue weighted by Crippen LogP contribution is 2.28. The third-order valence-corrected chi connectivity index (χ3v) is 5.94. The Morgan fingerprint density at radius 3 is 2.25 bits per heavy atom. The van der Waals surface area contributed by atoms with Gasteiger partial charge in [0.05, 0.1) is 4.90 Å². The van der Waals surface area contributed by atoms with Gasteiger partial charge < -0.3 is 4.90 Å². The largest absolute Gasteiger partial charge is 0.346 e. The molecule has 0 fully saturated rings. The van der Waals surface area contributed by atoms with Crippen LogP contribution < -0.4 is 0 Å². The molecule has 0 N–H and O–H groups in total. The van der Waals surface area contributed by atoms with Gasteiger partial charge in [-0.2, -0.15) is 4.68 Å². The van der Waals surface area contributed by atoms with Crippen molar-refractivity contribution in [2.45, 2.75) is 37.7 Å². The van der Waals surface area contributed by atoms with Crippen molar-refractivity contribution in [3.63, 3.8) is 0 Å². The summed E-state index contributed by atoms with van der Waals surface area (Å²) in [6.45, 7) is 8.10. The molecule has 130 valence electrons. The molecule has 9 heteroatoms. The van der Waals surface area contributed by atoms with Gasteiger partial charge in [0.15, 0.2) is 0 Å². The summed E-state index contributed by atoms with van der Waals surface area (Å²) in [7, 11) is -3.90. The summed E-state index contributed by atoms with van der Waals surface area (Å²) in [6, 6.07) is 3.04. The zero-order valence-corrected chi connectivity index (χ0v) is 16.3. The Labute approximate surface area is 149 Å². The van der Waals surface area contributed by atoms with Crippen LogP contribution in [-0.2, 0) is 9.84 Å². The van der Waals surface area contributed by atoms with Gasteiger partial charge in [-0.05, 0) is 51.0 Å². The molecule has 1 heterocycles. The van der Waals surface area contributed by atoms with Crippen LogP contribution in [0.2, 0.25) is 0 Å². The first kappa shape index (κ1) is 18.6. The molecule has 2 rings (SSSR count). The predicted molar refractivity (Wildman–Crippen MR) is 92.8 cm³/mol. The Morgan fingerprint density at radius 1 is 1.21 bits per heavy atom. The summed E-state index contributed by atoms with van der Waals surface area (Å²) >= 11 is 3.34. The molecule has 1 amide bonds. The van der Waals surface area contributed by atoms with Crippen molar-refractivity contribution in [3.05, 3.63) is 34.1 Å². The number of halogens is 1. The summed E-state index contributed by atoms with van der Waals surface area (Å²) < 4.78 is 27.5. The van der Waals surface area contributed by atoms with E-state index in [9.17, 15) is 13.2 Å². The first-order valence-corrected chi connectivity index (χ1v) is 9.72. The standard InChI is InChI=1S/C15H19BrN4O3S/c1-5-19(6-2)15(21)20-9-17-14(18-20)24(22,23)13-10(3)7-12(16)8-11(13)4/h7-9H,5-6H2,1-4H3. The minimum absolute atomic E-state index is 0.165. The highest BCUT2D eigenvalue weighted by molar-refractivity contribution is 9.10. The Hall–Kier alpha value is -1.74. The number of nitrogens with zero attached hydrogens (tertiary/aromatic N) is 4. The van der Waals surface area contributed by atoms with Crippen molar-refractivity contribution in [1.82, 2.24) is 19.7 Å². The van der Waals surface area contributed by atoms with E-state index in [1.54, 1.807) is 26.0 Å². The van der Waals surface area contributed by atoms with Crippen molar-refractivity contribution in [2.24, 2.45) is 0 Å². The van der Waals surface area contributed by atoms with Gasteiger partial charge in [0, 0.05) is 17.6 Å². The Morgan fingerprint density at radius 2 is 1.75 bits per heavy atom. The number of hydrogen-bond acceptors (Lipinski definition) is 5. The smallest absolute Gasteiger partial charge is 0.323 e. The van der Waals surface area contributed by atoms with Gasteiger partial charge in [-0.25, -0.2) is 18.2 Å². The molecule has 0 atom stereocenters. The molecular weight excluding hydrogens is 396 g/mol. The molecular formula is C15H19BrN4O3S. The van der Waals surface area contributed by atoms with Crippen molar-refractivity contribution in [2.75, 3.05) is 13.1 Å². The van der Waals surface area contributed by atoms with Crippen molar-refractivity contribution >= 4 is 31.8 Å². The fourth-order valence-electron chi connectivity index (χ4n) is 2.51. The summed E-state index contributed by atoms with van der Waals surface area (Å²) in [6.07, 6.45) is 1.14. The molecule has 0 bridgehead atoms. The fraction of sp³-hybridized carbons (Fsp3) is 0.400. The molecule has 1 aromatic heterocycles. The third-order valence-electron chi connectivity index (χ3n) is 3.63. The first-order valence-electron chi connectivity index (χ1n) is 7.45. The lowest BCUT2D eigenvalue weighted by Gasteiger charge is -2.17. The average Bonchev–Trinajstić information content (AvgIpc) is 2.97. The molecule has 1 aromatic carbocycles. The molecule has 24 heavy (non-hydrogen) atoms. The molecule has 0 saturated carbocycles. The summed E-state index contributed by atoms with van der Waals surface area (Å²) in [4.78, 5) is 17.8. The lowest BCUT2D eigenvalue weighted by Crippen LogP contribution is -2.34. The maximum atomic E-state index is 12.9. The van der Waals surface area contributed by atoms with Gasteiger partial charge in [0.2, 0.25) is 9.84 Å². The third kappa shape index (κ3) is 3.36. The van der Waals surface area contributed by atoms with Crippen LogP contribution in [0.3, 0.4) is 0 Å². The molecule has 0 radical (unpaired) electrons. The van der Waals surface area contributed by atoms with Crippen LogP contribution in [0.1, 0.15) is 25.0 Å². The van der Waals surface area contributed by atoms with E-state index in [2.05, 4.69) is 26.0 Å². The van der Waals surface area contributed by atoms with Crippen molar-refractivity contribution in [1.29, 1.82) is 0 Å². The van der Waals surface area contributed by atoms with Gasteiger partial charge in [-0.3, -0.25) is 0 Å². The number of rotatable bonds is 4. The topological polar surface area (TPSA) is 85.2 Å². The van der Waals surface area contributed by atoms with E-state index in [1.807, 2.05) is 13.8 Å². The quantitative estimate of drug-likeness (QED) is 0.767. The van der Waals surface area contributed by atoms with Gasteiger partial charge in [0.25, 0.3) is 5.16 Å². The van der Waals surface area contributed by atoms with Crippen LogP contribution in [0.25, 0.3) is 0 Å². The molecule has 0 unspecified atom stereocenters. The second-order valence-corrected chi connectivity index (χ2v) is 7.99. The minimum atomic E-state index is -3.90. The van der Waals surface area contributed by atoms with E-state index in [4.69, 9.17) is 0 Å². The van der Waals surface area contributed by atoms with Crippen LogP contribution >= 0.6 is 15.9 Å². The maximum absolute atomic E-state index is 12.9. The molecule has 0 saturated heterocycles. The Kier molecular flexibility index (Phi) is 5.44. The molecule has 7 nitrogen and oxygen atoms in total. The molecule has 2 aromatic rings. The lowest BCUT2D eigenvalue weighted by molar-refractivity contribution is 0.201. The number of carbonyl (C=O) groups excluding carboxylic acids is 1. The van der Waals surface area contributed by atoms with E-state index in [0.717, 1.165) is 15.5 Å². The lowest BCUT2D eigenvalue weighted by atomic mass is 10.2. The van der Waals surface area contributed by atoms with Crippen molar-refractivity contribution in [3.8, 4) is 0 Å². The van der Waals surface area contributed by atoms with Crippen LogP contribution in [0.5, 0.6) is 0 Å². The van der Waals surface area contributed by atoms with E-state index >= 15 is 0 Å². The average molecular weight is 415 g/mol. The molecule has 0 aliphatic heterocycles. The van der Waals surface area contributed by atoms with Gasteiger partial charge in [-0.15, -0.1) is 5.10 Å². The molecule has 0 aliphatic rings. The van der Waals surface area contributed by atoms with Crippen LogP contribution in [-0.4, -0.2) is 47.2 Å². The minimum Gasteiger partial charge on any atom is -0.323 e. The van der Waals surface area contributed by atoms with Crippen molar-refractivity contribution < 1.29 is 13.2 Å².